The molecule has 7 nitrogen and oxygen atoms in total. The minimum absolute atomic E-state index is 0.0531. The second-order valence-electron chi connectivity index (χ2n) is 7.58. The van der Waals surface area contributed by atoms with E-state index in [1.807, 2.05) is 0 Å². The summed E-state index contributed by atoms with van der Waals surface area (Å²) in [4.78, 5) is 12.4. The number of carbonyl (C=O) groups excluding carboxylic acids is 1. The van der Waals surface area contributed by atoms with Crippen LogP contribution in [0.5, 0.6) is 0 Å². The number of benzene rings is 1. The van der Waals surface area contributed by atoms with E-state index in [0.717, 1.165) is 12.1 Å². The molecule has 1 aromatic carbocycles. The lowest BCUT2D eigenvalue weighted by atomic mass is 9.96. The van der Waals surface area contributed by atoms with Gasteiger partial charge in [0.1, 0.15) is 0 Å². The van der Waals surface area contributed by atoms with Crippen molar-refractivity contribution in [3.63, 3.8) is 0 Å². The number of amides is 1. The predicted octanol–water partition coefficient (Wildman–Crippen LogP) is 6.12. The van der Waals surface area contributed by atoms with Crippen LogP contribution in [0.25, 0.3) is 11.5 Å². The summed E-state index contributed by atoms with van der Waals surface area (Å²) < 4.78 is 79.4. The first-order chi connectivity index (χ1) is 15.9. The van der Waals surface area contributed by atoms with Gasteiger partial charge in [0.25, 0.3) is 11.8 Å². The molecule has 0 aliphatic heterocycles. The van der Waals surface area contributed by atoms with Gasteiger partial charge in [0.15, 0.2) is 11.5 Å². The van der Waals surface area contributed by atoms with E-state index in [-0.39, 0.29) is 22.7 Å². The van der Waals surface area contributed by atoms with Crippen molar-refractivity contribution in [2.45, 2.75) is 32.0 Å². The highest BCUT2D eigenvalue weighted by molar-refractivity contribution is 6.03. The van der Waals surface area contributed by atoms with E-state index in [0.29, 0.717) is 18.8 Å². The zero-order valence-electron chi connectivity index (χ0n) is 17.7. The molecule has 0 bridgehead atoms. The van der Waals surface area contributed by atoms with Gasteiger partial charge in [0.2, 0.25) is 5.76 Å². The number of anilines is 1. The Balaban J connectivity index is 1.55. The van der Waals surface area contributed by atoms with Crippen molar-refractivity contribution < 1.29 is 35.7 Å². The number of carbonyl (C=O) groups is 1. The number of halogens is 5. The van der Waals surface area contributed by atoms with E-state index < -0.39 is 35.2 Å². The highest BCUT2D eigenvalue weighted by Gasteiger charge is 2.37. The molecule has 0 radical (unpaired) electrons. The molecule has 0 aliphatic carbocycles. The van der Waals surface area contributed by atoms with Crippen LogP contribution in [0.15, 0.2) is 64.0 Å². The van der Waals surface area contributed by atoms with Crippen LogP contribution in [0.3, 0.4) is 0 Å². The fourth-order valence-electron chi connectivity index (χ4n) is 3.31. The van der Waals surface area contributed by atoms with Gasteiger partial charge in [-0.05, 0) is 30.7 Å². The Morgan fingerprint density at radius 3 is 2.53 bits per heavy atom. The van der Waals surface area contributed by atoms with Gasteiger partial charge in [0.05, 0.1) is 29.8 Å². The third-order valence-electron chi connectivity index (χ3n) is 5.08. The number of nitrogens with zero attached hydrogens (tertiary/aromatic N) is 3. The summed E-state index contributed by atoms with van der Waals surface area (Å²) in [7, 11) is 0. The number of hydrogen-bond donors (Lipinski definition) is 1. The largest absolute Gasteiger partial charge is 0.461 e. The number of hydrogen-bond acceptors (Lipinski definition) is 5. The normalized spacial score (nSPS) is 13.1. The maximum Gasteiger partial charge on any atom is 0.416 e. The molecule has 4 aromatic rings. The molecule has 1 N–H and O–H groups in total. The summed E-state index contributed by atoms with van der Waals surface area (Å²) in [6.45, 7) is 1.96. The Labute approximate surface area is 189 Å². The first kappa shape index (κ1) is 23.2. The summed E-state index contributed by atoms with van der Waals surface area (Å²) in [6, 6.07) is 6.05. The van der Waals surface area contributed by atoms with Crippen LogP contribution in [0.1, 0.15) is 47.1 Å². The minimum Gasteiger partial charge on any atom is -0.461 e. The molecule has 0 fully saturated rings. The summed E-state index contributed by atoms with van der Waals surface area (Å²) in [6.07, 6.45) is -0.866. The molecule has 0 unspecified atom stereocenters. The van der Waals surface area contributed by atoms with Crippen molar-refractivity contribution in [3.05, 3.63) is 77.4 Å². The molecule has 0 saturated heterocycles. The maximum absolute atomic E-state index is 13.6. The summed E-state index contributed by atoms with van der Waals surface area (Å²) in [5, 5.41) is 10.2. The molecule has 34 heavy (non-hydrogen) atoms. The van der Waals surface area contributed by atoms with Gasteiger partial charge in [-0.2, -0.15) is 18.3 Å². The van der Waals surface area contributed by atoms with Crippen LogP contribution in [0.2, 0.25) is 0 Å². The first-order valence-electron chi connectivity index (χ1n) is 9.89. The van der Waals surface area contributed by atoms with Crippen molar-refractivity contribution >= 4 is 11.6 Å². The van der Waals surface area contributed by atoms with Gasteiger partial charge in [-0.1, -0.05) is 17.3 Å². The molecule has 0 saturated carbocycles. The highest BCUT2D eigenvalue weighted by Crippen LogP contribution is 2.39. The fourth-order valence-corrected chi connectivity index (χ4v) is 3.31. The van der Waals surface area contributed by atoms with E-state index in [1.165, 1.54) is 36.3 Å². The van der Waals surface area contributed by atoms with Gasteiger partial charge in [-0.3, -0.25) is 9.48 Å². The monoisotopic (exact) mass is 480 g/mol. The molecule has 12 heteroatoms. The lowest BCUT2D eigenvalue weighted by molar-refractivity contribution is -0.138. The van der Waals surface area contributed by atoms with Crippen molar-refractivity contribution in [1.82, 2.24) is 14.9 Å². The summed E-state index contributed by atoms with van der Waals surface area (Å²) in [5.74, 6) is -3.46. The number of alkyl halides is 5. The van der Waals surface area contributed by atoms with Crippen molar-refractivity contribution in [2.24, 2.45) is 0 Å². The van der Waals surface area contributed by atoms with Crippen molar-refractivity contribution in [3.8, 4) is 11.5 Å². The van der Waals surface area contributed by atoms with E-state index in [1.54, 1.807) is 12.1 Å². The standard InChI is InChI=1S/C22H17F5N4O3/c1-12(15-6-5-13(21(2,23)24)8-16(15)22(25,26)27)31-11-14(10-28-31)29-20(32)17-9-19(34-30-17)18-4-3-7-33-18/h3-12H,1-2H3,(H,29,32)/t12-/m0/s1. The highest BCUT2D eigenvalue weighted by atomic mass is 19.4. The molecular formula is C22H17F5N4O3. The smallest absolute Gasteiger partial charge is 0.416 e. The lowest BCUT2D eigenvalue weighted by Crippen LogP contribution is -2.18. The lowest BCUT2D eigenvalue weighted by Gasteiger charge is -2.21. The third kappa shape index (κ3) is 4.70. The van der Waals surface area contributed by atoms with Gasteiger partial charge in [-0.25, -0.2) is 8.78 Å². The van der Waals surface area contributed by atoms with E-state index in [4.69, 9.17) is 8.94 Å². The predicted molar refractivity (Wildman–Crippen MR) is 109 cm³/mol. The molecule has 4 rings (SSSR count). The first-order valence-corrected chi connectivity index (χ1v) is 9.89. The van der Waals surface area contributed by atoms with Crippen molar-refractivity contribution in [2.75, 3.05) is 5.32 Å². The van der Waals surface area contributed by atoms with Crippen LogP contribution in [0.4, 0.5) is 27.6 Å². The zero-order chi connectivity index (χ0) is 24.7. The van der Waals surface area contributed by atoms with Crippen LogP contribution < -0.4 is 5.32 Å². The van der Waals surface area contributed by atoms with Crippen LogP contribution in [0, 0.1) is 0 Å². The van der Waals surface area contributed by atoms with Crippen molar-refractivity contribution in [1.29, 1.82) is 0 Å². The average molecular weight is 480 g/mol. The molecule has 3 aromatic heterocycles. The van der Waals surface area contributed by atoms with E-state index in [9.17, 15) is 26.7 Å². The molecule has 3 heterocycles. The maximum atomic E-state index is 13.6. The SMILES string of the molecule is C[C@@H](c1ccc(C(C)(F)F)cc1C(F)(F)F)n1cc(NC(=O)c2cc(-c3ccco3)on2)cn1. The van der Waals surface area contributed by atoms with Crippen LogP contribution in [-0.4, -0.2) is 20.8 Å². The van der Waals surface area contributed by atoms with Crippen LogP contribution in [-0.2, 0) is 12.1 Å². The second-order valence-corrected chi connectivity index (χ2v) is 7.58. The summed E-state index contributed by atoms with van der Waals surface area (Å²) in [5.41, 5.74) is -2.05. The Morgan fingerprint density at radius 2 is 1.88 bits per heavy atom. The average Bonchev–Trinajstić information content (AvgIpc) is 3.52. The van der Waals surface area contributed by atoms with Gasteiger partial charge < -0.3 is 14.3 Å². The Morgan fingerprint density at radius 1 is 1.12 bits per heavy atom. The Kier molecular flexibility index (Phi) is 5.75. The van der Waals surface area contributed by atoms with E-state index >= 15 is 0 Å². The molecule has 0 spiro atoms. The number of rotatable bonds is 6. The Bertz CT molecular complexity index is 1300. The second kappa shape index (κ2) is 8.43. The number of aromatic nitrogens is 3. The number of furan rings is 1. The van der Waals surface area contributed by atoms with Gasteiger partial charge >= 0.3 is 6.18 Å². The van der Waals surface area contributed by atoms with Gasteiger partial charge in [0, 0.05) is 24.8 Å². The molecular weight excluding hydrogens is 463 g/mol. The molecule has 0 aliphatic rings. The van der Waals surface area contributed by atoms with E-state index in [2.05, 4.69) is 15.6 Å². The molecule has 178 valence electrons. The minimum atomic E-state index is -4.85. The molecule has 1 atom stereocenters. The number of nitrogens with one attached hydrogen (secondary N) is 1. The summed E-state index contributed by atoms with van der Waals surface area (Å²) >= 11 is 0. The fraction of sp³-hybridized carbons (Fsp3) is 0.227. The molecule has 1 amide bonds. The van der Waals surface area contributed by atoms with Gasteiger partial charge in [-0.15, -0.1) is 0 Å². The third-order valence-corrected chi connectivity index (χ3v) is 5.08. The van der Waals surface area contributed by atoms with Crippen LogP contribution >= 0.6 is 0 Å². The Hall–Kier alpha value is -3.96. The topological polar surface area (TPSA) is 86.1 Å². The zero-order valence-corrected chi connectivity index (χ0v) is 17.7. The quantitative estimate of drug-likeness (QED) is 0.336.